The molecule has 3 heteroatoms. The van der Waals surface area contributed by atoms with E-state index in [1.165, 1.54) is 32.1 Å². The summed E-state index contributed by atoms with van der Waals surface area (Å²) in [4.78, 5) is 12.5. The van der Waals surface area contributed by atoms with E-state index in [0.717, 1.165) is 18.3 Å². The van der Waals surface area contributed by atoms with Crippen LogP contribution in [0.1, 0.15) is 73.1 Å². The standard InChI is InChI=1S/C20H34O3/c1-6-20(4,5)19(21)23-18(12(2)3)22-17-15-8-13-7-14(10-15)11-16(17)9-13/h12-18H,6-11H2,1-5H3. The Kier molecular flexibility index (Phi) is 4.79. The van der Waals surface area contributed by atoms with E-state index in [-0.39, 0.29) is 11.9 Å². The molecule has 0 aliphatic heterocycles. The van der Waals surface area contributed by atoms with Gasteiger partial charge in [0.15, 0.2) is 0 Å². The highest BCUT2D eigenvalue weighted by atomic mass is 16.7. The Morgan fingerprint density at radius 1 is 1.04 bits per heavy atom. The molecule has 1 unspecified atom stereocenters. The van der Waals surface area contributed by atoms with Crippen LogP contribution in [0.2, 0.25) is 0 Å². The third kappa shape index (κ3) is 3.45. The van der Waals surface area contributed by atoms with Gasteiger partial charge in [0.25, 0.3) is 0 Å². The monoisotopic (exact) mass is 322 g/mol. The number of carbonyl (C=O) groups is 1. The van der Waals surface area contributed by atoms with E-state index in [9.17, 15) is 4.79 Å². The van der Waals surface area contributed by atoms with E-state index < -0.39 is 11.7 Å². The highest BCUT2D eigenvalue weighted by Crippen LogP contribution is 2.55. The van der Waals surface area contributed by atoms with Crippen LogP contribution in [-0.4, -0.2) is 18.4 Å². The summed E-state index contributed by atoms with van der Waals surface area (Å²) in [5.74, 6) is 3.36. The zero-order valence-electron chi connectivity index (χ0n) is 15.5. The van der Waals surface area contributed by atoms with Crippen LogP contribution >= 0.6 is 0 Å². The number of hydrogen-bond acceptors (Lipinski definition) is 3. The van der Waals surface area contributed by atoms with E-state index in [2.05, 4.69) is 13.8 Å². The van der Waals surface area contributed by atoms with Crippen LogP contribution in [0.25, 0.3) is 0 Å². The maximum Gasteiger partial charge on any atom is 0.313 e. The summed E-state index contributed by atoms with van der Waals surface area (Å²) in [6, 6.07) is 0. The van der Waals surface area contributed by atoms with Crippen molar-refractivity contribution in [1.82, 2.24) is 0 Å². The van der Waals surface area contributed by atoms with E-state index in [0.29, 0.717) is 17.9 Å². The van der Waals surface area contributed by atoms with Gasteiger partial charge in [0, 0.05) is 5.92 Å². The Morgan fingerprint density at radius 3 is 2.00 bits per heavy atom. The summed E-state index contributed by atoms with van der Waals surface area (Å²) in [6.45, 7) is 10.1. The minimum Gasteiger partial charge on any atom is -0.435 e. The lowest BCUT2D eigenvalue weighted by Gasteiger charge is -2.54. The smallest absolute Gasteiger partial charge is 0.313 e. The highest BCUT2D eigenvalue weighted by molar-refractivity contribution is 5.75. The normalized spacial score (nSPS) is 37.2. The van der Waals surface area contributed by atoms with Gasteiger partial charge in [-0.15, -0.1) is 0 Å². The Hall–Kier alpha value is -0.570. The Labute approximate surface area is 141 Å². The zero-order chi connectivity index (χ0) is 16.8. The van der Waals surface area contributed by atoms with Crippen molar-refractivity contribution < 1.29 is 14.3 Å². The molecule has 3 nitrogen and oxygen atoms in total. The van der Waals surface area contributed by atoms with Crippen LogP contribution in [0.3, 0.4) is 0 Å². The molecule has 4 saturated carbocycles. The topological polar surface area (TPSA) is 35.5 Å². The van der Waals surface area contributed by atoms with Gasteiger partial charge in [-0.1, -0.05) is 20.8 Å². The van der Waals surface area contributed by atoms with Crippen molar-refractivity contribution in [3.63, 3.8) is 0 Å². The molecule has 0 spiro atoms. The maximum absolute atomic E-state index is 12.5. The van der Waals surface area contributed by atoms with Crippen molar-refractivity contribution in [2.24, 2.45) is 35.0 Å². The van der Waals surface area contributed by atoms with E-state index in [1.54, 1.807) is 0 Å². The van der Waals surface area contributed by atoms with Gasteiger partial charge in [-0.05, 0) is 76.0 Å². The average molecular weight is 322 g/mol. The van der Waals surface area contributed by atoms with Gasteiger partial charge in [-0.3, -0.25) is 4.79 Å². The van der Waals surface area contributed by atoms with Crippen molar-refractivity contribution in [3.05, 3.63) is 0 Å². The molecule has 4 rings (SSSR count). The third-order valence-electron chi connectivity index (χ3n) is 6.64. The number of hydrogen-bond donors (Lipinski definition) is 0. The molecule has 4 aliphatic rings. The summed E-state index contributed by atoms with van der Waals surface area (Å²) >= 11 is 0. The molecule has 4 aliphatic carbocycles. The highest BCUT2D eigenvalue weighted by Gasteiger charge is 2.50. The van der Waals surface area contributed by atoms with Gasteiger partial charge in [0.1, 0.15) is 0 Å². The lowest BCUT2D eigenvalue weighted by atomic mass is 9.55. The Morgan fingerprint density at radius 2 is 1.57 bits per heavy atom. The summed E-state index contributed by atoms with van der Waals surface area (Å²) in [5.41, 5.74) is -0.430. The molecule has 23 heavy (non-hydrogen) atoms. The second-order valence-electron chi connectivity index (χ2n) is 9.29. The van der Waals surface area contributed by atoms with Crippen molar-refractivity contribution in [2.45, 2.75) is 85.5 Å². The van der Waals surface area contributed by atoms with Crippen molar-refractivity contribution >= 4 is 5.97 Å². The van der Waals surface area contributed by atoms with Crippen LogP contribution in [0.15, 0.2) is 0 Å². The second-order valence-corrected chi connectivity index (χ2v) is 9.29. The fourth-order valence-corrected chi connectivity index (χ4v) is 4.98. The molecule has 0 amide bonds. The SMILES string of the molecule is CCC(C)(C)C(=O)OC(OC1C2CC3CC(C2)CC1C3)C(C)C. The van der Waals surface area contributed by atoms with E-state index in [1.807, 2.05) is 20.8 Å². The molecule has 1 atom stereocenters. The summed E-state index contributed by atoms with van der Waals surface area (Å²) < 4.78 is 12.3. The maximum atomic E-state index is 12.5. The largest absolute Gasteiger partial charge is 0.435 e. The first-order valence-corrected chi connectivity index (χ1v) is 9.66. The lowest BCUT2D eigenvalue weighted by Crippen LogP contribution is -2.51. The Bertz CT molecular complexity index is 412. The van der Waals surface area contributed by atoms with Gasteiger partial charge in [-0.25, -0.2) is 0 Å². The molecule has 4 fully saturated rings. The fraction of sp³-hybridized carbons (Fsp3) is 0.950. The Balaban J connectivity index is 1.65. The molecule has 0 aromatic rings. The van der Waals surface area contributed by atoms with Gasteiger partial charge in [-0.2, -0.15) is 0 Å². The lowest BCUT2D eigenvalue weighted by molar-refractivity contribution is -0.241. The van der Waals surface area contributed by atoms with Crippen LogP contribution in [0.4, 0.5) is 0 Å². The predicted octanol–water partition coefficient (Wildman–Crippen LogP) is 4.79. The first-order valence-electron chi connectivity index (χ1n) is 9.66. The van der Waals surface area contributed by atoms with Crippen LogP contribution in [0, 0.1) is 35.0 Å². The quantitative estimate of drug-likeness (QED) is 0.521. The van der Waals surface area contributed by atoms with Crippen molar-refractivity contribution in [1.29, 1.82) is 0 Å². The second kappa shape index (κ2) is 6.38. The van der Waals surface area contributed by atoms with Gasteiger partial charge < -0.3 is 9.47 Å². The van der Waals surface area contributed by atoms with E-state index in [4.69, 9.17) is 9.47 Å². The van der Waals surface area contributed by atoms with Crippen molar-refractivity contribution in [2.75, 3.05) is 0 Å². The minimum atomic E-state index is -0.430. The summed E-state index contributed by atoms with van der Waals surface area (Å²) in [6.07, 6.45) is 7.48. The fourth-order valence-electron chi connectivity index (χ4n) is 4.98. The average Bonchev–Trinajstić information content (AvgIpc) is 2.48. The number of esters is 1. The summed E-state index contributed by atoms with van der Waals surface area (Å²) in [5, 5.41) is 0. The first kappa shape index (κ1) is 17.3. The molecule has 0 N–H and O–H groups in total. The van der Waals surface area contributed by atoms with E-state index >= 15 is 0 Å². The molecule has 0 aromatic heterocycles. The molecule has 0 saturated heterocycles. The van der Waals surface area contributed by atoms with Crippen LogP contribution in [-0.2, 0) is 14.3 Å². The third-order valence-corrected chi connectivity index (χ3v) is 6.64. The predicted molar refractivity (Wildman–Crippen MR) is 90.7 cm³/mol. The number of rotatable bonds is 6. The molecular formula is C20H34O3. The molecular weight excluding hydrogens is 288 g/mol. The molecule has 0 aromatic carbocycles. The molecule has 0 radical (unpaired) electrons. The summed E-state index contributed by atoms with van der Waals surface area (Å²) in [7, 11) is 0. The first-order chi connectivity index (χ1) is 10.8. The van der Waals surface area contributed by atoms with Crippen LogP contribution < -0.4 is 0 Å². The van der Waals surface area contributed by atoms with Gasteiger partial charge >= 0.3 is 5.97 Å². The molecule has 4 bridgehead atoms. The van der Waals surface area contributed by atoms with Gasteiger partial charge in [0.2, 0.25) is 6.29 Å². The number of ether oxygens (including phenoxy) is 2. The van der Waals surface area contributed by atoms with Crippen molar-refractivity contribution in [3.8, 4) is 0 Å². The molecule has 0 heterocycles. The van der Waals surface area contributed by atoms with Gasteiger partial charge in [0.05, 0.1) is 11.5 Å². The minimum absolute atomic E-state index is 0.123. The number of carbonyl (C=O) groups excluding carboxylic acids is 1. The van der Waals surface area contributed by atoms with Crippen LogP contribution in [0.5, 0.6) is 0 Å². The molecule has 132 valence electrons. The zero-order valence-corrected chi connectivity index (χ0v) is 15.5.